The van der Waals surface area contributed by atoms with Crippen LogP contribution in [0, 0.1) is 0 Å². The Morgan fingerprint density at radius 1 is 1.26 bits per heavy atom. The summed E-state index contributed by atoms with van der Waals surface area (Å²) in [6, 6.07) is 3.77. The summed E-state index contributed by atoms with van der Waals surface area (Å²) in [4.78, 5) is 5.26. The average molecular weight is 406 g/mol. The van der Waals surface area contributed by atoms with Crippen molar-refractivity contribution in [3.63, 3.8) is 0 Å². The Hall–Kier alpha value is -0.430. The maximum atomic E-state index is 6.27. The number of hydrogen-bond donors (Lipinski definition) is 1. The molecule has 0 aromatic carbocycles. The maximum Gasteiger partial charge on any atom is 0.138 e. The highest BCUT2D eigenvalue weighted by atomic mass is 79.9. The minimum Gasteiger partial charge on any atom is -0.489 e. The third-order valence-corrected chi connectivity index (χ3v) is 5.78. The number of nitrogens with two attached hydrogens (primary N) is 1. The fraction of sp³-hybridized carbons (Fsp3) is 0.308. The summed E-state index contributed by atoms with van der Waals surface area (Å²) in [7, 11) is 0. The summed E-state index contributed by atoms with van der Waals surface area (Å²) < 4.78 is 7.70. The van der Waals surface area contributed by atoms with Crippen LogP contribution in [0.1, 0.15) is 30.3 Å². The second-order valence-electron chi connectivity index (χ2n) is 4.37. The van der Waals surface area contributed by atoms with Crippen LogP contribution < -0.4 is 10.5 Å². The molecule has 0 amide bonds. The van der Waals surface area contributed by atoms with Gasteiger partial charge >= 0.3 is 0 Å². The maximum absolute atomic E-state index is 6.27. The first-order valence-corrected chi connectivity index (χ1v) is 8.19. The Labute approximate surface area is 133 Å². The van der Waals surface area contributed by atoms with E-state index in [0.29, 0.717) is 0 Å². The molecular formula is C13H14Br2N2OS. The largest absolute Gasteiger partial charge is 0.489 e. The highest BCUT2D eigenvalue weighted by Crippen LogP contribution is 2.36. The van der Waals surface area contributed by atoms with E-state index in [4.69, 9.17) is 10.5 Å². The fourth-order valence-corrected chi connectivity index (χ4v) is 3.74. The Morgan fingerprint density at radius 3 is 2.58 bits per heavy atom. The molecule has 2 N–H and O–H groups in total. The van der Waals surface area contributed by atoms with Crippen molar-refractivity contribution < 1.29 is 4.74 Å². The molecule has 3 nitrogen and oxygen atoms in total. The standard InChI is InChI=1S/C13H14Br2N2OS/c1-7(2)18-9-3-8(5-17-6-9)12(16)11-4-10(14)13(15)19-11/h3-7,12H,16H2,1-2H3. The van der Waals surface area contributed by atoms with E-state index in [0.717, 1.165) is 24.4 Å². The van der Waals surface area contributed by atoms with Crippen molar-refractivity contribution in [1.82, 2.24) is 4.98 Å². The van der Waals surface area contributed by atoms with Gasteiger partial charge in [-0.05, 0) is 63.4 Å². The monoisotopic (exact) mass is 404 g/mol. The molecule has 0 aliphatic carbocycles. The molecule has 0 saturated heterocycles. The molecule has 0 aliphatic rings. The van der Waals surface area contributed by atoms with Crippen LogP contribution in [0.4, 0.5) is 0 Å². The third-order valence-electron chi connectivity index (χ3n) is 2.44. The van der Waals surface area contributed by atoms with Gasteiger partial charge in [-0.1, -0.05) is 0 Å². The first-order chi connectivity index (χ1) is 8.97. The summed E-state index contributed by atoms with van der Waals surface area (Å²) in [5.74, 6) is 0.748. The summed E-state index contributed by atoms with van der Waals surface area (Å²) in [5.41, 5.74) is 7.22. The Balaban J connectivity index is 2.25. The van der Waals surface area contributed by atoms with Crippen LogP contribution in [0.3, 0.4) is 0 Å². The fourth-order valence-electron chi connectivity index (χ4n) is 1.62. The number of aromatic nitrogens is 1. The predicted molar refractivity (Wildman–Crippen MR) is 85.8 cm³/mol. The first-order valence-electron chi connectivity index (χ1n) is 5.79. The molecule has 2 rings (SSSR count). The third kappa shape index (κ3) is 3.78. The van der Waals surface area contributed by atoms with Crippen LogP contribution >= 0.6 is 43.2 Å². The number of ether oxygens (including phenoxy) is 1. The van der Waals surface area contributed by atoms with E-state index in [9.17, 15) is 0 Å². The molecular weight excluding hydrogens is 392 g/mol. The van der Waals surface area contributed by atoms with Crippen LogP contribution in [-0.2, 0) is 0 Å². The van der Waals surface area contributed by atoms with Crippen molar-refractivity contribution >= 4 is 43.2 Å². The zero-order valence-corrected chi connectivity index (χ0v) is 14.5. The van der Waals surface area contributed by atoms with E-state index in [1.54, 1.807) is 23.7 Å². The second-order valence-corrected chi connectivity index (χ2v) is 7.62. The molecule has 0 fully saturated rings. The number of rotatable bonds is 4. The summed E-state index contributed by atoms with van der Waals surface area (Å²) in [5, 5.41) is 0. The van der Waals surface area contributed by atoms with Gasteiger partial charge in [0.05, 0.1) is 22.1 Å². The summed E-state index contributed by atoms with van der Waals surface area (Å²) >= 11 is 8.56. The lowest BCUT2D eigenvalue weighted by Gasteiger charge is -2.13. The predicted octanol–water partition coefficient (Wildman–Crippen LogP) is 4.50. The molecule has 2 aromatic rings. The number of pyridine rings is 1. The van der Waals surface area contributed by atoms with Gasteiger partial charge in [-0.25, -0.2) is 0 Å². The number of hydrogen-bond acceptors (Lipinski definition) is 4. The van der Waals surface area contributed by atoms with Gasteiger partial charge in [0.2, 0.25) is 0 Å². The van der Waals surface area contributed by atoms with Gasteiger partial charge in [-0.15, -0.1) is 11.3 Å². The highest BCUT2D eigenvalue weighted by Gasteiger charge is 2.15. The summed E-state index contributed by atoms with van der Waals surface area (Å²) in [6.45, 7) is 3.97. The van der Waals surface area contributed by atoms with Crippen molar-refractivity contribution in [2.24, 2.45) is 5.73 Å². The van der Waals surface area contributed by atoms with Crippen LogP contribution in [0.2, 0.25) is 0 Å². The lowest BCUT2D eigenvalue weighted by molar-refractivity contribution is 0.241. The zero-order valence-electron chi connectivity index (χ0n) is 10.6. The molecule has 0 bridgehead atoms. The molecule has 1 atom stereocenters. The lowest BCUT2D eigenvalue weighted by atomic mass is 10.1. The zero-order chi connectivity index (χ0) is 14.0. The van der Waals surface area contributed by atoms with E-state index >= 15 is 0 Å². The Morgan fingerprint density at radius 2 is 2.00 bits per heavy atom. The second kappa shape index (κ2) is 6.35. The van der Waals surface area contributed by atoms with E-state index in [-0.39, 0.29) is 12.1 Å². The van der Waals surface area contributed by atoms with E-state index < -0.39 is 0 Å². The molecule has 102 valence electrons. The topological polar surface area (TPSA) is 48.1 Å². The number of halogens is 2. The van der Waals surface area contributed by atoms with Crippen molar-refractivity contribution in [3.8, 4) is 5.75 Å². The van der Waals surface area contributed by atoms with Crippen molar-refractivity contribution in [3.05, 3.63) is 43.2 Å². The van der Waals surface area contributed by atoms with Gasteiger partial charge < -0.3 is 10.5 Å². The van der Waals surface area contributed by atoms with Gasteiger partial charge in [0.1, 0.15) is 5.75 Å². The molecule has 0 spiro atoms. The minimum atomic E-state index is -0.198. The smallest absolute Gasteiger partial charge is 0.138 e. The molecule has 0 aliphatic heterocycles. The first kappa shape index (κ1) is 15.0. The van der Waals surface area contributed by atoms with Crippen molar-refractivity contribution in [1.29, 1.82) is 0 Å². The van der Waals surface area contributed by atoms with Crippen molar-refractivity contribution in [2.75, 3.05) is 0 Å². The van der Waals surface area contributed by atoms with Crippen LogP contribution in [0.5, 0.6) is 5.75 Å². The summed E-state index contributed by atoms with van der Waals surface area (Å²) in [6.07, 6.45) is 3.61. The van der Waals surface area contributed by atoms with Crippen LogP contribution in [0.15, 0.2) is 32.8 Å². The van der Waals surface area contributed by atoms with E-state index in [1.165, 1.54) is 0 Å². The van der Waals surface area contributed by atoms with Gasteiger partial charge in [0, 0.05) is 15.5 Å². The minimum absolute atomic E-state index is 0.123. The molecule has 19 heavy (non-hydrogen) atoms. The quantitative estimate of drug-likeness (QED) is 0.814. The molecule has 0 saturated carbocycles. The highest BCUT2D eigenvalue weighted by molar-refractivity contribution is 9.13. The SMILES string of the molecule is CC(C)Oc1cncc(C(N)c2cc(Br)c(Br)s2)c1. The van der Waals surface area contributed by atoms with E-state index in [1.807, 2.05) is 26.0 Å². The molecule has 0 radical (unpaired) electrons. The van der Waals surface area contributed by atoms with Crippen LogP contribution in [-0.4, -0.2) is 11.1 Å². The van der Waals surface area contributed by atoms with Gasteiger partial charge in [0.25, 0.3) is 0 Å². The normalized spacial score (nSPS) is 12.7. The number of nitrogens with zero attached hydrogens (tertiary/aromatic N) is 1. The van der Waals surface area contributed by atoms with Crippen molar-refractivity contribution in [2.45, 2.75) is 26.0 Å². The van der Waals surface area contributed by atoms with Gasteiger partial charge in [0.15, 0.2) is 0 Å². The Bertz CT molecular complexity index is 552. The molecule has 1 unspecified atom stereocenters. The van der Waals surface area contributed by atoms with Gasteiger partial charge in [-0.3, -0.25) is 4.98 Å². The number of thiophene rings is 1. The van der Waals surface area contributed by atoms with Gasteiger partial charge in [-0.2, -0.15) is 0 Å². The molecule has 2 heterocycles. The average Bonchev–Trinajstić information content (AvgIpc) is 2.68. The lowest BCUT2D eigenvalue weighted by Crippen LogP contribution is -2.12. The Kier molecular flexibility index (Phi) is 5.00. The molecule has 6 heteroatoms. The molecule has 2 aromatic heterocycles. The van der Waals surface area contributed by atoms with E-state index in [2.05, 4.69) is 36.8 Å². The van der Waals surface area contributed by atoms with Crippen LogP contribution in [0.25, 0.3) is 0 Å².